The van der Waals surface area contributed by atoms with Gasteiger partial charge in [0.25, 0.3) is 0 Å². The van der Waals surface area contributed by atoms with Crippen LogP contribution in [-0.2, 0) is 5.54 Å². The monoisotopic (exact) mass is 444 g/mol. The van der Waals surface area contributed by atoms with Crippen molar-refractivity contribution < 1.29 is 4.79 Å². The summed E-state index contributed by atoms with van der Waals surface area (Å²) in [5.41, 5.74) is 5.16. The Hall–Kier alpha value is -3.08. The van der Waals surface area contributed by atoms with Crippen molar-refractivity contribution in [3.63, 3.8) is 0 Å². The first-order valence-electron chi connectivity index (χ1n) is 12.1. The summed E-state index contributed by atoms with van der Waals surface area (Å²) in [5, 5.41) is 7.52. The second-order valence-corrected chi connectivity index (χ2v) is 9.89. The van der Waals surface area contributed by atoms with E-state index >= 15 is 0 Å². The fourth-order valence-corrected chi connectivity index (χ4v) is 5.24. The number of anilines is 1. The van der Waals surface area contributed by atoms with E-state index in [9.17, 15) is 4.79 Å². The van der Waals surface area contributed by atoms with Crippen LogP contribution in [0.3, 0.4) is 0 Å². The molecule has 0 spiro atoms. The Bertz CT molecular complexity index is 1130. The minimum Gasteiger partial charge on any atom is -0.335 e. The van der Waals surface area contributed by atoms with Crippen molar-refractivity contribution >= 4 is 28.8 Å². The molecule has 5 heteroatoms. The van der Waals surface area contributed by atoms with E-state index in [2.05, 4.69) is 84.9 Å². The molecule has 0 unspecified atom stereocenters. The quantitative estimate of drug-likeness (QED) is 0.411. The van der Waals surface area contributed by atoms with Gasteiger partial charge in [0, 0.05) is 35.6 Å². The van der Waals surface area contributed by atoms with Gasteiger partial charge in [-0.2, -0.15) is 0 Å². The number of benzene rings is 1. The SMILES string of the molecule is C=Cc1cn(C2(CNC(=O)Nc3c(C(C)C)cccc3C(C)C)CCCC2)c2ncccc12. The van der Waals surface area contributed by atoms with Crippen LogP contribution >= 0.6 is 0 Å². The molecule has 1 fully saturated rings. The maximum Gasteiger partial charge on any atom is 0.319 e. The molecule has 5 nitrogen and oxygen atoms in total. The number of urea groups is 1. The van der Waals surface area contributed by atoms with Gasteiger partial charge in [0.2, 0.25) is 0 Å². The zero-order valence-electron chi connectivity index (χ0n) is 20.3. The predicted molar refractivity (Wildman–Crippen MR) is 138 cm³/mol. The Morgan fingerprint density at radius 1 is 1.12 bits per heavy atom. The van der Waals surface area contributed by atoms with Gasteiger partial charge in [-0.1, -0.05) is 71.4 Å². The molecule has 2 aromatic heterocycles. The van der Waals surface area contributed by atoms with Crippen molar-refractivity contribution in [1.82, 2.24) is 14.9 Å². The Balaban J connectivity index is 1.60. The molecule has 1 aliphatic carbocycles. The molecule has 2 N–H and O–H groups in total. The molecule has 174 valence electrons. The number of carbonyl (C=O) groups excluding carboxylic acids is 1. The smallest absolute Gasteiger partial charge is 0.319 e. The molecular weight excluding hydrogens is 408 g/mol. The number of carbonyl (C=O) groups is 1. The van der Waals surface area contributed by atoms with Crippen LogP contribution in [-0.4, -0.2) is 22.1 Å². The van der Waals surface area contributed by atoms with Crippen molar-refractivity contribution in [2.24, 2.45) is 0 Å². The van der Waals surface area contributed by atoms with E-state index in [4.69, 9.17) is 0 Å². The van der Waals surface area contributed by atoms with Gasteiger partial charge >= 0.3 is 6.03 Å². The van der Waals surface area contributed by atoms with E-state index in [-0.39, 0.29) is 11.6 Å². The molecule has 4 rings (SSSR count). The first-order chi connectivity index (χ1) is 15.9. The van der Waals surface area contributed by atoms with Crippen LogP contribution in [0.1, 0.15) is 81.9 Å². The van der Waals surface area contributed by atoms with Crippen LogP contribution < -0.4 is 10.6 Å². The molecule has 2 heterocycles. The summed E-state index contributed by atoms with van der Waals surface area (Å²) in [4.78, 5) is 17.8. The summed E-state index contributed by atoms with van der Waals surface area (Å²) in [7, 11) is 0. The van der Waals surface area contributed by atoms with E-state index in [1.807, 2.05) is 18.3 Å². The molecule has 1 aliphatic rings. The number of hydrogen-bond acceptors (Lipinski definition) is 2. The van der Waals surface area contributed by atoms with Crippen molar-refractivity contribution in [2.45, 2.75) is 70.8 Å². The van der Waals surface area contributed by atoms with E-state index < -0.39 is 0 Å². The maximum atomic E-state index is 13.2. The van der Waals surface area contributed by atoms with E-state index in [0.29, 0.717) is 18.4 Å². The Kier molecular flexibility index (Phi) is 6.59. The van der Waals surface area contributed by atoms with Crippen LogP contribution in [0.2, 0.25) is 0 Å². The molecule has 0 bridgehead atoms. The highest BCUT2D eigenvalue weighted by Gasteiger charge is 2.37. The number of rotatable bonds is 7. The fraction of sp³-hybridized carbons (Fsp3) is 0.429. The predicted octanol–water partition coefficient (Wildman–Crippen LogP) is 7.02. The minimum absolute atomic E-state index is 0.148. The number of aromatic nitrogens is 2. The van der Waals surface area contributed by atoms with Crippen LogP contribution in [0.15, 0.2) is 49.3 Å². The number of hydrogen-bond donors (Lipinski definition) is 2. The largest absolute Gasteiger partial charge is 0.335 e. The molecule has 33 heavy (non-hydrogen) atoms. The Morgan fingerprint density at radius 3 is 2.39 bits per heavy atom. The lowest BCUT2D eigenvalue weighted by Crippen LogP contribution is -2.44. The molecule has 1 saturated carbocycles. The highest BCUT2D eigenvalue weighted by atomic mass is 16.2. The number of pyridine rings is 1. The second-order valence-electron chi connectivity index (χ2n) is 9.89. The lowest BCUT2D eigenvalue weighted by molar-refractivity contribution is 0.239. The van der Waals surface area contributed by atoms with Crippen molar-refractivity contribution in [2.75, 3.05) is 11.9 Å². The summed E-state index contributed by atoms with van der Waals surface area (Å²) < 4.78 is 2.29. The maximum absolute atomic E-state index is 13.2. The average Bonchev–Trinajstić information content (AvgIpc) is 3.43. The van der Waals surface area contributed by atoms with Gasteiger partial charge in [-0.05, 0) is 47.9 Å². The number of amides is 2. The van der Waals surface area contributed by atoms with Gasteiger partial charge in [0.05, 0.1) is 5.54 Å². The van der Waals surface area contributed by atoms with Gasteiger partial charge in [-0.15, -0.1) is 0 Å². The van der Waals surface area contributed by atoms with Crippen LogP contribution in [0.4, 0.5) is 10.5 Å². The molecule has 0 radical (unpaired) electrons. The minimum atomic E-state index is -0.177. The molecule has 0 saturated heterocycles. The van der Waals surface area contributed by atoms with Gasteiger partial charge < -0.3 is 15.2 Å². The van der Waals surface area contributed by atoms with Gasteiger partial charge in [-0.25, -0.2) is 9.78 Å². The molecular formula is C28H36N4O. The molecule has 0 atom stereocenters. The highest BCUT2D eigenvalue weighted by molar-refractivity contribution is 5.91. The first-order valence-corrected chi connectivity index (χ1v) is 12.1. The summed E-state index contributed by atoms with van der Waals surface area (Å²) in [6.45, 7) is 13.2. The standard InChI is InChI=1S/C28H36N4O/c1-6-21-17-32(26-24(21)13-10-16-29-26)28(14-7-8-15-28)18-30-27(33)31-25-22(19(2)3)11-9-12-23(25)20(4)5/h6,9-13,16-17,19-20H,1,7-8,14-15,18H2,2-5H3,(H2,30,31,33). The van der Waals surface area contributed by atoms with E-state index in [0.717, 1.165) is 48.0 Å². The average molecular weight is 445 g/mol. The number of fused-ring (bicyclic) bond motifs is 1. The highest BCUT2D eigenvalue weighted by Crippen LogP contribution is 2.39. The van der Waals surface area contributed by atoms with E-state index in [1.165, 1.54) is 11.1 Å². The van der Waals surface area contributed by atoms with Crippen LogP contribution in [0.5, 0.6) is 0 Å². The zero-order valence-corrected chi connectivity index (χ0v) is 20.3. The van der Waals surface area contributed by atoms with Crippen molar-refractivity contribution in [3.05, 3.63) is 66.0 Å². The number of nitrogens with one attached hydrogen (secondary N) is 2. The van der Waals surface area contributed by atoms with Gasteiger partial charge in [0.1, 0.15) is 5.65 Å². The lowest BCUT2D eigenvalue weighted by Gasteiger charge is -2.32. The molecule has 3 aromatic rings. The van der Waals surface area contributed by atoms with Gasteiger partial charge in [-0.3, -0.25) is 0 Å². The topological polar surface area (TPSA) is 59.0 Å². The van der Waals surface area contributed by atoms with Crippen LogP contribution in [0, 0.1) is 0 Å². The Morgan fingerprint density at radius 2 is 1.79 bits per heavy atom. The molecule has 2 amide bonds. The summed E-state index contributed by atoms with van der Waals surface area (Å²) in [6, 6.07) is 10.2. The molecule has 1 aromatic carbocycles. The number of nitrogens with zero attached hydrogens (tertiary/aromatic N) is 2. The third kappa shape index (κ3) is 4.41. The third-order valence-corrected chi connectivity index (χ3v) is 7.05. The third-order valence-electron chi connectivity index (χ3n) is 7.05. The van der Waals surface area contributed by atoms with E-state index in [1.54, 1.807) is 0 Å². The van der Waals surface area contributed by atoms with Crippen LogP contribution in [0.25, 0.3) is 17.1 Å². The first kappa shape index (κ1) is 23.1. The van der Waals surface area contributed by atoms with Crippen molar-refractivity contribution in [1.29, 1.82) is 0 Å². The van der Waals surface area contributed by atoms with Crippen molar-refractivity contribution in [3.8, 4) is 0 Å². The second kappa shape index (κ2) is 9.42. The Labute approximate surface area is 197 Å². The molecule has 0 aliphatic heterocycles. The lowest BCUT2D eigenvalue weighted by atomic mass is 9.92. The summed E-state index contributed by atoms with van der Waals surface area (Å²) in [6.07, 6.45) is 10.2. The summed E-state index contributed by atoms with van der Waals surface area (Å²) >= 11 is 0. The number of para-hydroxylation sites is 1. The normalized spacial score (nSPS) is 15.3. The zero-order chi connectivity index (χ0) is 23.6. The van der Waals surface area contributed by atoms with Gasteiger partial charge in [0.15, 0.2) is 0 Å². The summed E-state index contributed by atoms with van der Waals surface area (Å²) in [5.74, 6) is 0.657. The fourth-order valence-electron chi connectivity index (χ4n) is 5.24.